The van der Waals surface area contributed by atoms with Gasteiger partial charge in [-0.1, -0.05) is 37.3 Å². The summed E-state index contributed by atoms with van der Waals surface area (Å²) in [6.45, 7) is 4.84. The fourth-order valence-electron chi connectivity index (χ4n) is 3.31. The molecule has 0 aliphatic carbocycles. The molecule has 2 atom stereocenters. The first-order valence-corrected chi connectivity index (χ1v) is 7.72. The highest BCUT2D eigenvalue weighted by molar-refractivity contribution is 5.91. The van der Waals surface area contributed by atoms with E-state index in [0.717, 1.165) is 31.9 Å². The van der Waals surface area contributed by atoms with Crippen LogP contribution in [0.5, 0.6) is 5.75 Å². The topological polar surface area (TPSA) is 30.5 Å². The van der Waals surface area contributed by atoms with E-state index in [4.69, 9.17) is 9.47 Å². The van der Waals surface area contributed by atoms with Crippen molar-refractivity contribution in [2.24, 2.45) is 5.92 Å². The molecule has 2 aromatic rings. The number of fused-ring (bicyclic) bond motifs is 1. The minimum absolute atomic E-state index is 0.341. The van der Waals surface area contributed by atoms with Gasteiger partial charge in [-0.05, 0) is 30.0 Å². The molecule has 21 heavy (non-hydrogen) atoms. The summed E-state index contributed by atoms with van der Waals surface area (Å²) in [5.74, 6) is 1.48. The van der Waals surface area contributed by atoms with Gasteiger partial charge in [0.15, 0.2) is 0 Å². The molecule has 0 bridgehead atoms. The predicted octanol–water partition coefficient (Wildman–Crippen LogP) is 3.54. The third kappa shape index (κ3) is 2.76. The second-order valence-corrected chi connectivity index (χ2v) is 5.56. The van der Waals surface area contributed by atoms with Crippen molar-refractivity contribution < 1.29 is 9.47 Å². The molecule has 2 unspecified atom stereocenters. The molecule has 3 nitrogen and oxygen atoms in total. The molecule has 1 saturated heterocycles. The van der Waals surface area contributed by atoms with Gasteiger partial charge in [-0.25, -0.2) is 0 Å². The number of ether oxygens (including phenoxy) is 2. The van der Waals surface area contributed by atoms with Crippen LogP contribution in [-0.4, -0.2) is 26.9 Å². The maximum absolute atomic E-state index is 5.60. The largest absolute Gasteiger partial charge is 0.496 e. The highest BCUT2D eigenvalue weighted by atomic mass is 16.5. The Hall–Kier alpha value is -1.58. The van der Waals surface area contributed by atoms with Crippen molar-refractivity contribution in [2.75, 3.05) is 26.9 Å². The van der Waals surface area contributed by atoms with Crippen molar-refractivity contribution in [3.63, 3.8) is 0 Å². The predicted molar refractivity (Wildman–Crippen MR) is 85.8 cm³/mol. The highest BCUT2D eigenvalue weighted by Gasteiger charge is 2.27. The number of hydrogen-bond donors (Lipinski definition) is 1. The average Bonchev–Trinajstić information content (AvgIpc) is 3.06. The Morgan fingerprint density at radius 2 is 2.05 bits per heavy atom. The molecular weight excluding hydrogens is 262 g/mol. The van der Waals surface area contributed by atoms with Crippen LogP contribution >= 0.6 is 0 Å². The third-order valence-electron chi connectivity index (χ3n) is 4.33. The molecule has 112 valence electrons. The molecule has 0 saturated carbocycles. The molecule has 1 fully saturated rings. The van der Waals surface area contributed by atoms with Gasteiger partial charge in [0.2, 0.25) is 0 Å². The van der Waals surface area contributed by atoms with E-state index in [0.29, 0.717) is 12.0 Å². The Labute approximate surface area is 126 Å². The molecule has 1 heterocycles. The van der Waals surface area contributed by atoms with Gasteiger partial charge >= 0.3 is 0 Å². The number of rotatable bonds is 5. The zero-order valence-corrected chi connectivity index (χ0v) is 12.8. The van der Waals surface area contributed by atoms with E-state index in [-0.39, 0.29) is 0 Å². The van der Waals surface area contributed by atoms with Crippen LogP contribution < -0.4 is 10.1 Å². The first-order chi connectivity index (χ1) is 10.3. The van der Waals surface area contributed by atoms with Gasteiger partial charge < -0.3 is 14.8 Å². The Morgan fingerprint density at radius 3 is 2.71 bits per heavy atom. The molecule has 1 aliphatic rings. The maximum atomic E-state index is 5.60. The van der Waals surface area contributed by atoms with Crippen molar-refractivity contribution in [1.82, 2.24) is 5.32 Å². The summed E-state index contributed by atoms with van der Waals surface area (Å²) >= 11 is 0. The van der Waals surface area contributed by atoms with Gasteiger partial charge in [0.1, 0.15) is 5.75 Å². The smallest absolute Gasteiger partial charge is 0.126 e. The molecule has 0 spiro atoms. The van der Waals surface area contributed by atoms with E-state index in [1.165, 1.54) is 16.3 Å². The maximum Gasteiger partial charge on any atom is 0.126 e. The van der Waals surface area contributed by atoms with Gasteiger partial charge in [-0.3, -0.25) is 0 Å². The lowest BCUT2D eigenvalue weighted by Gasteiger charge is -2.25. The third-order valence-corrected chi connectivity index (χ3v) is 4.33. The van der Waals surface area contributed by atoms with Crippen molar-refractivity contribution in [1.29, 1.82) is 0 Å². The normalized spacial score (nSPS) is 19.8. The minimum Gasteiger partial charge on any atom is -0.496 e. The Balaban J connectivity index is 2.08. The molecule has 0 aromatic heterocycles. The van der Waals surface area contributed by atoms with E-state index in [9.17, 15) is 0 Å². The van der Waals surface area contributed by atoms with Crippen molar-refractivity contribution in [2.45, 2.75) is 19.4 Å². The zero-order chi connectivity index (χ0) is 14.7. The summed E-state index contributed by atoms with van der Waals surface area (Å²) in [5.41, 5.74) is 1.35. The standard InChI is InChI=1S/C18H23NO2/c1-3-19-18(13-10-11-21-12-13)16-8-9-17(20-2)15-7-5-4-6-14(15)16/h4-9,13,18-19H,3,10-12H2,1-2H3. The fraction of sp³-hybridized carbons (Fsp3) is 0.444. The molecule has 1 aliphatic heterocycles. The summed E-state index contributed by atoms with van der Waals surface area (Å²) < 4.78 is 11.1. The van der Waals surface area contributed by atoms with Crippen LogP contribution in [0.2, 0.25) is 0 Å². The van der Waals surface area contributed by atoms with E-state index < -0.39 is 0 Å². The second-order valence-electron chi connectivity index (χ2n) is 5.56. The molecular formula is C18H23NO2. The lowest BCUT2D eigenvalue weighted by atomic mass is 9.88. The van der Waals surface area contributed by atoms with Gasteiger partial charge in [0.05, 0.1) is 13.7 Å². The van der Waals surface area contributed by atoms with Crippen LogP contribution in [0.15, 0.2) is 36.4 Å². The Morgan fingerprint density at radius 1 is 1.24 bits per heavy atom. The van der Waals surface area contributed by atoms with Crippen LogP contribution in [0.25, 0.3) is 10.8 Å². The SMILES string of the molecule is CCNC(c1ccc(OC)c2ccccc12)C1CCOC1. The zero-order valence-electron chi connectivity index (χ0n) is 12.8. The van der Waals surface area contributed by atoms with E-state index in [2.05, 4.69) is 48.6 Å². The number of benzene rings is 2. The van der Waals surface area contributed by atoms with Crippen molar-refractivity contribution >= 4 is 10.8 Å². The summed E-state index contributed by atoms with van der Waals surface area (Å²) in [6, 6.07) is 13.1. The van der Waals surface area contributed by atoms with Crippen molar-refractivity contribution in [3.05, 3.63) is 42.0 Å². The summed E-state index contributed by atoms with van der Waals surface area (Å²) in [5, 5.41) is 6.10. The van der Waals surface area contributed by atoms with E-state index in [1.807, 2.05) is 0 Å². The number of nitrogens with one attached hydrogen (secondary N) is 1. The monoisotopic (exact) mass is 285 g/mol. The van der Waals surface area contributed by atoms with E-state index in [1.54, 1.807) is 7.11 Å². The number of hydrogen-bond acceptors (Lipinski definition) is 3. The van der Waals surface area contributed by atoms with Gasteiger partial charge in [0, 0.05) is 24.0 Å². The Bertz CT molecular complexity index is 605. The first kappa shape index (κ1) is 14.4. The molecule has 0 radical (unpaired) electrons. The molecule has 3 heteroatoms. The number of methoxy groups -OCH3 is 1. The first-order valence-electron chi connectivity index (χ1n) is 7.72. The summed E-state index contributed by atoms with van der Waals surface area (Å²) in [6.07, 6.45) is 1.12. The van der Waals surface area contributed by atoms with Crippen LogP contribution in [0.4, 0.5) is 0 Å². The van der Waals surface area contributed by atoms with Crippen LogP contribution in [-0.2, 0) is 4.74 Å². The fourth-order valence-corrected chi connectivity index (χ4v) is 3.31. The van der Waals surface area contributed by atoms with Gasteiger partial charge in [-0.15, -0.1) is 0 Å². The van der Waals surface area contributed by atoms with E-state index >= 15 is 0 Å². The van der Waals surface area contributed by atoms with Crippen LogP contribution in [0, 0.1) is 5.92 Å². The molecule has 2 aromatic carbocycles. The van der Waals surface area contributed by atoms with Gasteiger partial charge in [0.25, 0.3) is 0 Å². The average molecular weight is 285 g/mol. The van der Waals surface area contributed by atoms with Gasteiger partial charge in [-0.2, -0.15) is 0 Å². The summed E-state index contributed by atoms with van der Waals surface area (Å²) in [4.78, 5) is 0. The lowest BCUT2D eigenvalue weighted by Crippen LogP contribution is -2.28. The van der Waals surface area contributed by atoms with Crippen LogP contribution in [0.3, 0.4) is 0 Å². The summed E-state index contributed by atoms with van der Waals surface area (Å²) in [7, 11) is 1.73. The molecule has 0 amide bonds. The molecule has 1 N–H and O–H groups in total. The highest BCUT2D eigenvalue weighted by Crippen LogP contribution is 2.36. The quantitative estimate of drug-likeness (QED) is 0.911. The molecule has 3 rings (SSSR count). The van der Waals surface area contributed by atoms with Crippen LogP contribution in [0.1, 0.15) is 24.9 Å². The minimum atomic E-state index is 0.341. The van der Waals surface area contributed by atoms with Crippen molar-refractivity contribution in [3.8, 4) is 5.75 Å². The lowest BCUT2D eigenvalue weighted by molar-refractivity contribution is 0.177. The second kappa shape index (κ2) is 6.46. The Kier molecular flexibility index (Phi) is 4.42.